The zero-order valence-electron chi connectivity index (χ0n) is 14.4. The molecule has 0 spiro atoms. The Kier molecular flexibility index (Phi) is 5.96. The number of nitrogens with zero attached hydrogens (tertiary/aromatic N) is 1. The number of halogens is 3. The van der Waals surface area contributed by atoms with E-state index >= 15 is 0 Å². The first-order chi connectivity index (χ1) is 12.5. The Hall–Kier alpha value is -2.30. The molecule has 0 saturated heterocycles. The second-order valence-electron chi connectivity index (χ2n) is 6.59. The highest BCUT2D eigenvalue weighted by Gasteiger charge is 2.32. The van der Waals surface area contributed by atoms with E-state index in [1.54, 1.807) is 6.07 Å². The van der Waals surface area contributed by atoms with E-state index in [1.807, 2.05) is 18.2 Å². The van der Waals surface area contributed by atoms with Crippen molar-refractivity contribution in [2.45, 2.75) is 50.8 Å². The molecule has 5 heteroatoms. The van der Waals surface area contributed by atoms with Gasteiger partial charge < -0.3 is 4.84 Å². The highest BCUT2D eigenvalue weighted by molar-refractivity contribution is 5.79. The van der Waals surface area contributed by atoms with Gasteiger partial charge in [0.15, 0.2) is 0 Å². The minimum absolute atomic E-state index is 0.0570. The fourth-order valence-corrected chi connectivity index (χ4v) is 3.41. The van der Waals surface area contributed by atoms with E-state index in [2.05, 4.69) is 17.4 Å². The van der Waals surface area contributed by atoms with Crippen molar-refractivity contribution in [3.63, 3.8) is 0 Å². The van der Waals surface area contributed by atoms with Crippen LogP contribution >= 0.6 is 0 Å². The van der Waals surface area contributed by atoms with Gasteiger partial charge in [0, 0.05) is 11.1 Å². The molecule has 2 nitrogen and oxygen atoms in total. The lowest BCUT2D eigenvalue weighted by atomic mass is 9.84. The first-order valence-electron chi connectivity index (χ1n) is 8.87. The van der Waals surface area contributed by atoms with Crippen LogP contribution < -0.4 is 0 Å². The molecule has 2 aromatic rings. The minimum Gasteiger partial charge on any atom is -0.390 e. The van der Waals surface area contributed by atoms with Gasteiger partial charge in [0.2, 0.25) is 0 Å². The fraction of sp³-hybridized carbons (Fsp3) is 0.381. The zero-order chi connectivity index (χ0) is 18.4. The molecule has 0 bridgehead atoms. The van der Waals surface area contributed by atoms with Crippen LogP contribution in [0.15, 0.2) is 53.7 Å². The summed E-state index contributed by atoms with van der Waals surface area (Å²) in [7, 11) is 0. The molecule has 0 aliphatic heterocycles. The molecule has 0 heterocycles. The van der Waals surface area contributed by atoms with Gasteiger partial charge in [0.25, 0.3) is 0 Å². The summed E-state index contributed by atoms with van der Waals surface area (Å²) in [5.74, 6) is 0.574. The lowest BCUT2D eigenvalue weighted by Gasteiger charge is -2.22. The molecule has 0 aromatic heterocycles. The van der Waals surface area contributed by atoms with E-state index in [9.17, 15) is 13.2 Å². The van der Waals surface area contributed by atoms with Crippen molar-refractivity contribution in [1.82, 2.24) is 0 Å². The number of rotatable bonds is 5. The summed E-state index contributed by atoms with van der Waals surface area (Å²) in [4.78, 5) is 5.06. The fourth-order valence-electron chi connectivity index (χ4n) is 3.41. The highest BCUT2D eigenvalue weighted by Crippen LogP contribution is 2.33. The van der Waals surface area contributed by atoms with Gasteiger partial charge in [-0.3, -0.25) is 0 Å². The number of benzene rings is 2. The largest absolute Gasteiger partial charge is 0.416 e. The quantitative estimate of drug-likeness (QED) is 0.461. The van der Waals surface area contributed by atoms with Gasteiger partial charge in [-0.2, -0.15) is 13.2 Å². The molecule has 3 rings (SSSR count). The second-order valence-corrected chi connectivity index (χ2v) is 6.59. The van der Waals surface area contributed by atoms with Gasteiger partial charge in [0.1, 0.15) is 12.8 Å². The van der Waals surface area contributed by atoms with Crippen molar-refractivity contribution in [1.29, 1.82) is 0 Å². The van der Waals surface area contributed by atoms with E-state index in [4.69, 9.17) is 4.84 Å². The molecule has 1 fully saturated rings. The predicted molar refractivity (Wildman–Crippen MR) is 95.0 cm³/mol. The Morgan fingerprint density at radius 2 is 1.77 bits per heavy atom. The van der Waals surface area contributed by atoms with Crippen molar-refractivity contribution < 1.29 is 18.0 Å². The van der Waals surface area contributed by atoms with E-state index in [-0.39, 0.29) is 12.2 Å². The summed E-state index contributed by atoms with van der Waals surface area (Å²) in [5.41, 5.74) is 1.40. The van der Waals surface area contributed by atoms with Crippen LogP contribution in [0.4, 0.5) is 13.2 Å². The predicted octanol–water partition coefficient (Wildman–Crippen LogP) is 6.18. The van der Waals surface area contributed by atoms with Crippen molar-refractivity contribution in [3.05, 3.63) is 70.8 Å². The molecular formula is C21H21F3NO. The molecule has 1 saturated carbocycles. The Bertz CT molecular complexity index is 749. The zero-order valence-corrected chi connectivity index (χ0v) is 14.4. The second kappa shape index (κ2) is 8.39. The summed E-state index contributed by atoms with van der Waals surface area (Å²) in [6, 6.07) is 13.3. The molecule has 0 amide bonds. The summed E-state index contributed by atoms with van der Waals surface area (Å²) < 4.78 is 38.8. The van der Waals surface area contributed by atoms with Crippen LogP contribution in [0.1, 0.15) is 60.3 Å². The van der Waals surface area contributed by atoms with Crippen LogP contribution in [0.25, 0.3) is 0 Å². The Morgan fingerprint density at radius 3 is 2.54 bits per heavy atom. The molecule has 1 aliphatic carbocycles. The third kappa shape index (κ3) is 4.87. The first-order valence-corrected chi connectivity index (χ1v) is 8.87. The molecule has 0 unspecified atom stereocenters. The molecule has 0 atom stereocenters. The van der Waals surface area contributed by atoms with E-state index in [0.717, 1.165) is 11.6 Å². The molecule has 1 radical (unpaired) electrons. The lowest BCUT2D eigenvalue weighted by molar-refractivity contribution is -0.138. The van der Waals surface area contributed by atoms with Crippen LogP contribution in [0.5, 0.6) is 0 Å². The SMILES string of the molecule is FC(F)(F)c1ccccc1CO/N=[C]\c1cccc(C2CCCCC2)c1. The summed E-state index contributed by atoms with van der Waals surface area (Å²) >= 11 is 0. The van der Waals surface area contributed by atoms with Gasteiger partial charge in [-0.15, -0.1) is 0 Å². The van der Waals surface area contributed by atoms with Crippen LogP contribution in [0.3, 0.4) is 0 Å². The molecule has 0 N–H and O–H groups in total. The summed E-state index contributed by atoms with van der Waals surface area (Å²) in [5, 5.41) is 3.73. The van der Waals surface area contributed by atoms with Crippen LogP contribution in [0.2, 0.25) is 0 Å². The number of alkyl halides is 3. The van der Waals surface area contributed by atoms with E-state index in [0.29, 0.717) is 5.92 Å². The van der Waals surface area contributed by atoms with Gasteiger partial charge in [0.05, 0.1) is 5.56 Å². The van der Waals surface area contributed by atoms with Gasteiger partial charge in [-0.1, -0.05) is 60.8 Å². The Balaban J connectivity index is 1.61. The number of hydrogen-bond acceptors (Lipinski definition) is 2. The van der Waals surface area contributed by atoms with E-state index < -0.39 is 11.7 Å². The average Bonchev–Trinajstić information content (AvgIpc) is 2.66. The maximum atomic E-state index is 12.9. The van der Waals surface area contributed by atoms with Crippen LogP contribution in [-0.4, -0.2) is 6.21 Å². The monoisotopic (exact) mass is 360 g/mol. The molecule has 1 aliphatic rings. The van der Waals surface area contributed by atoms with Gasteiger partial charge in [-0.05, 0) is 36.5 Å². The number of hydrogen-bond donors (Lipinski definition) is 0. The standard InChI is InChI=1S/C21H21F3NO/c22-21(23,24)20-12-5-4-10-19(20)15-26-25-14-16-7-6-11-18(13-16)17-8-2-1-3-9-17/h4-7,10-13,17H,1-3,8-9,15H2. The van der Waals surface area contributed by atoms with Gasteiger partial charge >= 0.3 is 6.18 Å². The maximum Gasteiger partial charge on any atom is 0.416 e. The average molecular weight is 360 g/mol. The topological polar surface area (TPSA) is 21.6 Å². The van der Waals surface area contributed by atoms with Crippen molar-refractivity contribution >= 4 is 6.21 Å². The molecule has 2 aromatic carbocycles. The third-order valence-corrected chi connectivity index (χ3v) is 4.75. The Morgan fingerprint density at radius 1 is 1.00 bits per heavy atom. The summed E-state index contributed by atoms with van der Waals surface area (Å²) in [6.45, 7) is -0.245. The molecular weight excluding hydrogens is 339 g/mol. The van der Waals surface area contributed by atoms with Crippen molar-refractivity contribution in [2.75, 3.05) is 0 Å². The smallest absolute Gasteiger partial charge is 0.390 e. The summed E-state index contributed by atoms with van der Waals surface area (Å²) in [6.07, 6.45) is 4.59. The molecule has 137 valence electrons. The maximum absolute atomic E-state index is 12.9. The van der Waals surface area contributed by atoms with E-state index in [1.165, 1.54) is 49.8 Å². The molecule has 26 heavy (non-hydrogen) atoms. The van der Waals surface area contributed by atoms with Crippen molar-refractivity contribution in [2.24, 2.45) is 5.16 Å². The Labute approximate surface area is 151 Å². The third-order valence-electron chi connectivity index (χ3n) is 4.75. The van der Waals surface area contributed by atoms with Crippen molar-refractivity contribution in [3.8, 4) is 0 Å². The first kappa shape index (κ1) is 18.5. The highest BCUT2D eigenvalue weighted by atomic mass is 19.4. The normalized spacial score (nSPS) is 16.1. The van der Waals surface area contributed by atoms with Crippen LogP contribution in [-0.2, 0) is 17.6 Å². The van der Waals surface area contributed by atoms with Crippen LogP contribution in [0, 0.1) is 0 Å². The lowest BCUT2D eigenvalue weighted by Crippen LogP contribution is -2.09. The minimum atomic E-state index is -4.40. The van der Waals surface area contributed by atoms with Gasteiger partial charge in [-0.25, -0.2) is 0 Å².